The topological polar surface area (TPSA) is 49.4 Å². The van der Waals surface area contributed by atoms with Gasteiger partial charge in [-0.05, 0) is 48.4 Å². The lowest BCUT2D eigenvalue weighted by molar-refractivity contribution is -0.126. The number of benzene rings is 1. The maximum atomic E-state index is 12.7. The molecule has 3 rings (SSSR count). The van der Waals surface area contributed by atoms with Crippen LogP contribution in [0.2, 0.25) is 0 Å². The average molecular weight is 286 g/mol. The fourth-order valence-corrected chi connectivity index (χ4v) is 3.23. The van der Waals surface area contributed by atoms with Crippen LogP contribution in [0, 0.1) is 5.92 Å². The number of rotatable bonds is 2. The van der Waals surface area contributed by atoms with Gasteiger partial charge in [0.05, 0.1) is 0 Å². The van der Waals surface area contributed by atoms with Gasteiger partial charge in [-0.2, -0.15) is 0 Å². The number of nitrogens with one attached hydrogen (secondary N) is 1. The molecule has 1 aromatic carbocycles. The van der Waals surface area contributed by atoms with E-state index >= 15 is 0 Å². The van der Waals surface area contributed by atoms with Gasteiger partial charge < -0.3 is 10.2 Å². The van der Waals surface area contributed by atoms with Crippen LogP contribution in [0.4, 0.5) is 5.69 Å². The second-order valence-corrected chi connectivity index (χ2v) is 6.34. The van der Waals surface area contributed by atoms with E-state index in [1.54, 1.807) is 4.90 Å². The van der Waals surface area contributed by atoms with Gasteiger partial charge in [0.2, 0.25) is 11.8 Å². The normalized spacial score (nSPS) is 22.2. The van der Waals surface area contributed by atoms with Crippen molar-refractivity contribution < 1.29 is 9.59 Å². The molecule has 1 aliphatic heterocycles. The SMILES string of the molecule is CC(C)C1NC(=O)CCN(c2ccc3c(c2)CCC3)C1=O. The molecule has 1 saturated heterocycles. The molecule has 1 N–H and O–H groups in total. The van der Waals surface area contributed by atoms with Gasteiger partial charge in [-0.25, -0.2) is 0 Å². The molecule has 0 radical (unpaired) electrons. The highest BCUT2D eigenvalue weighted by Crippen LogP contribution is 2.28. The van der Waals surface area contributed by atoms with E-state index in [2.05, 4.69) is 17.4 Å². The highest BCUT2D eigenvalue weighted by Gasteiger charge is 2.32. The molecule has 1 fully saturated rings. The first-order valence-electron chi connectivity index (χ1n) is 7.79. The number of anilines is 1. The first-order valence-corrected chi connectivity index (χ1v) is 7.79. The highest BCUT2D eigenvalue weighted by atomic mass is 16.2. The number of aryl methyl sites for hydroxylation is 2. The van der Waals surface area contributed by atoms with Crippen LogP contribution < -0.4 is 10.2 Å². The average Bonchev–Trinajstić information content (AvgIpc) is 2.86. The van der Waals surface area contributed by atoms with E-state index in [4.69, 9.17) is 0 Å². The second kappa shape index (κ2) is 5.51. The molecule has 1 aromatic rings. The summed E-state index contributed by atoms with van der Waals surface area (Å²) in [6.07, 6.45) is 3.79. The molecular formula is C17H22N2O2. The van der Waals surface area contributed by atoms with Crippen molar-refractivity contribution in [2.45, 2.75) is 45.6 Å². The molecule has 0 aromatic heterocycles. The van der Waals surface area contributed by atoms with Gasteiger partial charge in [0.1, 0.15) is 6.04 Å². The zero-order valence-corrected chi connectivity index (χ0v) is 12.7. The van der Waals surface area contributed by atoms with Crippen molar-refractivity contribution in [3.05, 3.63) is 29.3 Å². The van der Waals surface area contributed by atoms with E-state index in [9.17, 15) is 9.59 Å². The summed E-state index contributed by atoms with van der Waals surface area (Å²) < 4.78 is 0. The molecule has 4 nitrogen and oxygen atoms in total. The Morgan fingerprint density at radius 1 is 1.14 bits per heavy atom. The number of hydrogen-bond donors (Lipinski definition) is 1. The van der Waals surface area contributed by atoms with Crippen molar-refractivity contribution in [1.82, 2.24) is 5.32 Å². The van der Waals surface area contributed by atoms with E-state index < -0.39 is 6.04 Å². The smallest absolute Gasteiger partial charge is 0.249 e. The van der Waals surface area contributed by atoms with Gasteiger partial charge in [0, 0.05) is 18.7 Å². The fraction of sp³-hybridized carbons (Fsp3) is 0.529. The van der Waals surface area contributed by atoms with Crippen LogP contribution in [0.15, 0.2) is 18.2 Å². The minimum absolute atomic E-state index is 0.00815. The number of nitrogens with zero attached hydrogens (tertiary/aromatic N) is 1. The summed E-state index contributed by atoms with van der Waals surface area (Å²) in [5, 5.41) is 2.85. The lowest BCUT2D eigenvalue weighted by atomic mass is 10.0. The van der Waals surface area contributed by atoms with Crippen LogP contribution in [-0.4, -0.2) is 24.4 Å². The Morgan fingerprint density at radius 2 is 1.90 bits per heavy atom. The summed E-state index contributed by atoms with van der Waals surface area (Å²) in [5.41, 5.74) is 3.68. The third kappa shape index (κ3) is 2.67. The molecule has 0 bridgehead atoms. The van der Waals surface area contributed by atoms with Crippen LogP contribution in [-0.2, 0) is 22.4 Å². The van der Waals surface area contributed by atoms with Crippen LogP contribution in [0.3, 0.4) is 0 Å². The van der Waals surface area contributed by atoms with Gasteiger partial charge in [-0.15, -0.1) is 0 Å². The molecule has 0 saturated carbocycles. The molecule has 4 heteroatoms. The minimum atomic E-state index is -0.423. The summed E-state index contributed by atoms with van der Waals surface area (Å²) in [5.74, 6) is 0.0657. The molecule has 2 aliphatic rings. The lowest BCUT2D eigenvalue weighted by Crippen LogP contribution is -2.47. The number of carbonyl (C=O) groups excluding carboxylic acids is 2. The number of fused-ring (bicyclic) bond motifs is 1. The van der Waals surface area contributed by atoms with E-state index in [0.29, 0.717) is 13.0 Å². The molecule has 21 heavy (non-hydrogen) atoms. The van der Waals surface area contributed by atoms with Gasteiger partial charge in [0.15, 0.2) is 0 Å². The molecule has 1 atom stereocenters. The number of carbonyl (C=O) groups is 2. The molecule has 1 heterocycles. The Kier molecular flexibility index (Phi) is 3.70. The lowest BCUT2D eigenvalue weighted by Gasteiger charge is -2.26. The Labute approximate surface area is 125 Å². The van der Waals surface area contributed by atoms with E-state index in [1.807, 2.05) is 19.9 Å². The monoisotopic (exact) mass is 286 g/mol. The first-order chi connectivity index (χ1) is 10.1. The van der Waals surface area contributed by atoms with Gasteiger partial charge >= 0.3 is 0 Å². The van der Waals surface area contributed by atoms with Crippen molar-refractivity contribution in [2.24, 2.45) is 5.92 Å². The molecule has 1 unspecified atom stereocenters. The maximum absolute atomic E-state index is 12.7. The Balaban J connectivity index is 1.92. The molecular weight excluding hydrogens is 264 g/mol. The second-order valence-electron chi connectivity index (χ2n) is 6.34. The van der Waals surface area contributed by atoms with Crippen LogP contribution >= 0.6 is 0 Å². The Hall–Kier alpha value is -1.84. The van der Waals surface area contributed by atoms with E-state index in [0.717, 1.165) is 18.5 Å². The maximum Gasteiger partial charge on any atom is 0.249 e. The molecule has 2 amide bonds. The zero-order chi connectivity index (χ0) is 15.0. The Morgan fingerprint density at radius 3 is 2.67 bits per heavy atom. The number of hydrogen-bond acceptors (Lipinski definition) is 2. The summed E-state index contributed by atoms with van der Waals surface area (Å²) in [6.45, 7) is 4.40. The zero-order valence-electron chi connectivity index (χ0n) is 12.7. The summed E-state index contributed by atoms with van der Waals surface area (Å²) >= 11 is 0. The van der Waals surface area contributed by atoms with Crippen LogP contribution in [0.1, 0.15) is 37.8 Å². The Bertz CT molecular complexity index is 580. The van der Waals surface area contributed by atoms with Crippen LogP contribution in [0.5, 0.6) is 0 Å². The standard InChI is InChI=1S/C17H22N2O2/c1-11(2)16-17(21)19(9-8-15(20)18-16)14-7-6-12-4-3-5-13(12)10-14/h6-7,10-11,16H,3-5,8-9H2,1-2H3,(H,18,20). The highest BCUT2D eigenvalue weighted by molar-refractivity contribution is 6.01. The quantitative estimate of drug-likeness (QED) is 0.904. The van der Waals surface area contributed by atoms with Crippen molar-refractivity contribution in [2.75, 3.05) is 11.4 Å². The number of amides is 2. The molecule has 0 spiro atoms. The predicted molar refractivity (Wildman–Crippen MR) is 82.2 cm³/mol. The molecule has 112 valence electrons. The van der Waals surface area contributed by atoms with Crippen molar-refractivity contribution in [1.29, 1.82) is 0 Å². The first kappa shape index (κ1) is 14.1. The minimum Gasteiger partial charge on any atom is -0.344 e. The fourth-order valence-electron chi connectivity index (χ4n) is 3.23. The van der Waals surface area contributed by atoms with E-state index in [1.165, 1.54) is 17.5 Å². The van der Waals surface area contributed by atoms with Gasteiger partial charge in [-0.1, -0.05) is 19.9 Å². The van der Waals surface area contributed by atoms with Gasteiger partial charge in [0.25, 0.3) is 0 Å². The van der Waals surface area contributed by atoms with Crippen molar-refractivity contribution >= 4 is 17.5 Å². The van der Waals surface area contributed by atoms with Crippen LogP contribution in [0.25, 0.3) is 0 Å². The predicted octanol–water partition coefficient (Wildman–Crippen LogP) is 2.05. The largest absolute Gasteiger partial charge is 0.344 e. The van der Waals surface area contributed by atoms with E-state index in [-0.39, 0.29) is 17.7 Å². The summed E-state index contributed by atoms with van der Waals surface area (Å²) in [6, 6.07) is 5.87. The van der Waals surface area contributed by atoms with Crippen molar-refractivity contribution in [3.8, 4) is 0 Å². The summed E-state index contributed by atoms with van der Waals surface area (Å²) in [4.78, 5) is 26.3. The van der Waals surface area contributed by atoms with Crippen molar-refractivity contribution in [3.63, 3.8) is 0 Å². The third-order valence-electron chi connectivity index (χ3n) is 4.47. The van der Waals surface area contributed by atoms with Gasteiger partial charge in [-0.3, -0.25) is 9.59 Å². The third-order valence-corrected chi connectivity index (χ3v) is 4.47. The molecule has 1 aliphatic carbocycles. The summed E-state index contributed by atoms with van der Waals surface area (Å²) in [7, 11) is 0.